The molecule has 0 heterocycles. The van der Waals surface area contributed by atoms with Crippen LogP contribution in [-0.4, -0.2) is 38.5 Å². The molecule has 0 saturated carbocycles. The summed E-state index contributed by atoms with van der Waals surface area (Å²) in [6.07, 6.45) is 2.15. The standard InChI is InChI=1S/C17H30N2O2/c1-5-10-18-14(3)17-15(8-7-9-16(17)21-4)19(11-6-2)12-13-20/h7-9,14,18,20H,5-6,10-13H2,1-4H3. The zero-order valence-corrected chi connectivity index (χ0v) is 13.9. The molecule has 0 aliphatic carbocycles. The van der Waals surface area contributed by atoms with Gasteiger partial charge in [-0.05, 0) is 38.4 Å². The van der Waals surface area contributed by atoms with Crippen LogP contribution in [0.5, 0.6) is 5.75 Å². The summed E-state index contributed by atoms with van der Waals surface area (Å²) in [7, 11) is 1.71. The second-order valence-electron chi connectivity index (χ2n) is 5.28. The molecule has 0 bridgehead atoms. The molecule has 0 radical (unpaired) electrons. The summed E-state index contributed by atoms with van der Waals surface area (Å²) >= 11 is 0. The Morgan fingerprint density at radius 2 is 2.00 bits per heavy atom. The van der Waals surface area contributed by atoms with E-state index in [-0.39, 0.29) is 12.6 Å². The number of methoxy groups -OCH3 is 1. The van der Waals surface area contributed by atoms with Crippen LogP contribution in [0.15, 0.2) is 18.2 Å². The second-order valence-corrected chi connectivity index (χ2v) is 5.28. The van der Waals surface area contributed by atoms with Crippen molar-refractivity contribution in [3.8, 4) is 5.75 Å². The van der Waals surface area contributed by atoms with Crippen molar-refractivity contribution in [3.63, 3.8) is 0 Å². The zero-order valence-electron chi connectivity index (χ0n) is 13.9. The smallest absolute Gasteiger partial charge is 0.125 e. The van der Waals surface area contributed by atoms with Gasteiger partial charge < -0.3 is 20.1 Å². The number of anilines is 1. The average molecular weight is 294 g/mol. The van der Waals surface area contributed by atoms with Crippen LogP contribution in [0, 0.1) is 0 Å². The molecule has 1 aromatic carbocycles. The van der Waals surface area contributed by atoms with E-state index >= 15 is 0 Å². The molecule has 1 unspecified atom stereocenters. The SMILES string of the molecule is CCCNC(C)c1c(OC)cccc1N(CCC)CCO. The average Bonchev–Trinajstić information content (AvgIpc) is 2.51. The van der Waals surface area contributed by atoms with Crippen molar-refractivity contribution < 1.29 is 9.84 Å². The minimum Gasteiger partial charge on any atom is -0.496 e. The number of ether oxygens (including phenoxy) is 1. The molecule has 2 N–H and O–H groups in total. The van der Waals surface area contributed by atoms with E-state index in [4.69, 9.17) is 4.74 Å². The Balaban J connectivity index is 3.16. The number of nitrogens with one attached hydrogen (secondary N) is 1. The minimum atomic E-state index is 0.160. The Labute approximate surface area is 129 Å². The lowest BCUT2D eigenvalue weighted by molar-refractivity contribution is 0.301. The number of aliphatic hydroxyl groups excluding tert-OH is 1. The first kappa shape index (κ1) is 17.8. The molecule has 1 rings (SSSR count). The van der Waals surface area contributed by atoms with Gasteiger partial charge >= 0.3 is 0 Å². The number of aliphatic hydroxyl groups is 1. The molecule has 21 heavy (non-hydrogen) atoms. The third-order valence-electron chi connectivity index (χ3n) is 3.60. The largest absolute Gasteiger partial charge is 0.496 e. The van der Waals surface area contributed by atoms with E-state index in [0.29, 0.717) is 6.54 Å². The lowest BCUT2D eigenvalue weighted by Crippen LogP contribution is -2.30. The molecular weight excluding hydrogens is 264 g/mol. The molecule has 0 amide bonds. The molecular formula is C17H30N2O2. The van der Waals surface area contributed by atoms with Crippen LogP contribution in [0.2, 0.25) is 0 Å². The number of nitrogens with zero attached hydrogens (tertiary/aromatic N) is 1. The topological polar surface area (TPSA) is 44.7 Å². The van der Waals surface area contributed by atoms with Crippen molar-refractivity contribution in [1.29, 1.82) is 0 Å². The van der Waals surface area contributed by atoms with Gasteiger partial charge in [-0.15, -0.1) is 0 Å². The van der Waals surface area contributed by atoms with Crippen LogP contribution in [0.1, 0.15) is 45.2 Å². The molecule has 0 aliphatic heterocycles. The fourth-order valence-corrected chi connectivity index (χ4v) is 2.63. The monoisotopic (exact) mass is 294 g/mol. The van der Waals surface area contributed by atoms with Crippen molar-refractivity contribution >= 4 is 5.69 Å². The first-order chi connectivity index (χ1) is 10.2. The molecule has 0 spiro atoms. The maximum absolute atomic E-state index is 9.33. The van der Waals surface area contributed by atoms with Crippen molar-refractivity contribution in [2.75, 3.05) is 38.3 Å². The lowest BCUT2D eigenvalue weighted by Gasteiger charge is -2.29. The molecule has 1 aromatic rings. The number of hydrogen-bond acceptors (Lipinski definition) is 4. The van der Waals surface area contributed by atoms with Crippen molar-refractivity contribution in [2.24, 2.45) is 0 Å². The van der Waals surface area contributed by atoms with E-state index in [0.717, 1.165) is 37.4 Å². The Bertz CT molecular complexity index is 404. The Morgan fingerprint density at radius 1 is 1.24 bits per heavy atom. The molecule has 4 heteroatoms. The predicted molar refractivity (Wildman–Crippen MR) is 89.3 cm³/mol. The van der Waals surface area contributed by atoms with E-state index in [9.17, 15) is 5.11 Å². The van der Waals surface area contributed by atoms with Gasteiger partial charge in [0.1, 0.15) is 5.75 Å². The lowest BCUT2D eigenvalue weighted by atomic mass is 10.0. The van der Waals surface area contributed by atoms with Gasteiger partial charge in [0.2, 0.25) is 0 Å². The predicted octanol–water partition coefficient (Wildman–Crippen LogP) is 2.96. The molecule has 0 fully saturated rings. The van der Waals surface area contributed by atoms with Gasteiger partial charge in [-0.1, -0.05) is 19.9 Å². The summed E-state index contributed by atoms with van der Waals surface area (Å²) in [6, 6.07) is 6.36. The Kier molecular flexibility index (Phi) is 8.16. The van der Waals surface area contributed by atoms with E-state index in [2.05, 4.69) is 37.1 Å². The van der Waals surface area contributed by atoms with E-state index in [1.165, 1.54) is 5.56 Å². The highest BCUT2D eigenvalue weighted by Crippen LogP contribution is 2.34. The van der Waals surface area contributed by atoms with Crippen LogP contribution < -0.4 is 15.0 Å². The maximum Gasteiger partial charge on any atom is 0.125 e. The fourth-order valence-electron chi connectivity index (χ4n) is 2.63. The first-order valence-corrected chi connectivity index (χ1v) is 7.95. The van der Waals surface area contributed by atoms with Gasteiger partial charge in [-0.25, -0.2) is 0 Å². The molecule has 120 valence electrons. The molecule has 4 nitrogen and oxygen atoms in total. The van der Waals surface area contributed by atoms with Gasteiger partial charge in [0.25, 0.3) is 0 Å². The van der Waals surface area contributed by atoms with Gasteiger partial charge in [0.05, 0.1) is 13.7 Å². The van der Waals surface area contributed by atoms with Gasteiger partial charge in [-0.2, -0.15) is 0 Å². The van der Waals surface area contributed by atoms with E-state index < -0.39 is 0 Å². The highest BCUT2D eigenvalue weighted by Gasteiger charge is 2.19. The third-order valence-corrected chi connectivity index (χ3v) is 3.60. The summed E-state index contributed by atoms with van der Waals surface area (Å²) in [5.41, 5.74) is 2.33. The zero-order chi connectivity index (χ0) is 15.7. The highest BCUT2D eigenvalue weighted by molar-refractivity contribution is 5.61. The molecule has 0 aliphatic rings. The van der Waals surface area contributed by atoms with E-state index in [1.807, 2.05) is 12.1 Å². The number of rotatable bonds is 10. The summed E-state index contributed by atoms with van der Waals surface area (Å²) in [5, 5.41) is 12.9. The highest BCUT2D eigenvalue weighted by atomic mass is 16.5. The second kappa shape index (κ2) is 9.64. The molecule has 0 aromatic heterocycles. The van der Waals surface area contributed by atoms with Crippen LogP contribution >= 0.6 is 0 Å². The Hall–Kier alpha value is -1.26. The van der Waals surface area contributed by atoms with Gasteiger partial charge in [0, 0.05) is 30.4 Å². The number of hydrogen-bond donors (Lipinski definition) is 2. The van der Waals surface area contributed by atoms with E-state index in [1.54, 1.807) is 7.11 Å². The quantitative estimate of drug-likeness (QED) is 0.696. The molecule has 1 atom stereocenters. The maximum atomic E-state index is 9.33. The summed E-state index contributed by atoms with van der Waals surface area (Å²) in [4.78, 5) is 2.24. The summed E-state index contributed by atoms with van der Waals surface area (Å²) < 4.78 is 5.56. The van der Waals surface area contributed by atoms with Crippen molar-refractivity contribution in [2.45, 2.75) is 39.7 Å². The summed E-state index contributed by atoms with van der Waals surface area (Å²) in [6.45, 7) is 9.21. The van der Waals surface area contributed by atoms with Crippen LogP contribution in [-0.2, 0) is 0 Å². The van der Waals surface area contributed by atoms with Gasteiger partial charge in [-0.3, -0.25) is 0 Å². The van der Waals surface area contributed by atoms with Crippen LogP contribution in [0.4, 0.5) is 5.69 Å². The molecule has 0 saturated heterocycles. The van der Waals surface area contributed by atoms with Crippen molar-refractivity contribution in [3.05, 3.63) is 23.8 Å². The van der Waals surface area contributed by atoms with Crippen LogP contribution in [0.3, 0.4) is 0 Å². The Morgan fingerprint density at radius 3 is 2.57 bits per heavy atom. The third kappa shape index (κ3) is 4.90. The normalized spacial score (nSPS) is 12.2. The fraction of sp³-hybridized carbons (Fsp3) is 0.647. The minimum absolute atomic E-state index is 0.160. The van der Waals surface area contributed by atoms with Crippen LogP contribution in [0.25, 0.3) is 0 Å². The van der Waals surface area contributed by atoms with Gasteiger partial charge in [0.15, 0.2) is 0 Å². The summed E-state index contributed by atoms with van der Waals surface area (Å²) in [5.74, 6) is 0.905. The number of benzene rings is 1. The first-order valence-electron chi connectivity index (χ1n) is 7.95. The van der Waals surface area contributed by atoms with Crippen molar-refractivity contribution in [1.82, 2.24) is 5.32 Å².